The van der Waals surface area contributed by atoms with Crippen molar-refractivity contribution >= 4 is 11.9 Å². The summed E-state index contributed by atoms with van der Waals surface area (Å²) in [5.41, 5.74) is -0.571. The lowest BCUT2D eigenvalue weighted by Crippen LogP contribution is -2.58. The van der Waals surface area contributed by atoms with Gasteiger partial charge in [0.25, 0.3) is 0 Å². The predicted molar refractivity (Wildman–Crippen MR) is 97.2 cm³/mol. The summed E-state index contributed by atoms with van der Waals surface area (Å²) in [7, 11) is 1.25. The van der Waals surface area contributed by atoms with Crippen molar-refractivity contribution in [3.8, 4) is 0 Å². The molecule has 0 aliphatic carbocycles. The number of hydrogen-bond acceptors (Lipinski definition) is 4. The van der Waals surface area contributed by atoms with E-state index in [1.54, 1.807) is 0 Å². The van der Waals surface area contributed by atoms with E-state index in [1.807, 2.05) is 30.3 Å². The minimum atomic E-state index is -1.30. The molecule has 1 fully saturated rings. The lowest BCUT2D eigenvalue weighted by molar-refractivity contribution is -0.162. The van der Waals surface area contributed by atoms with E-state index in [0.29, 0.717) is 6.61 Å². The molecule has 1 aliphatic heterocycles. The molecule has 1 atom stereocenters. The molecule has 148 valence electrons. The molecular formula is C21H21F2NO4. The highest BCUT2D eigenvalue weighted by Gasteiger charge is 2.50. The molecule has 0 bridgehead atoms. The van der Waals surface area contributed by atoms with Gasteiger partial charge in [-0.1, -0.05) is 30.3 Å². The van der Waals surface area contributed by atoms with Gasteiger partial charge in [0.05, 0.1) is 20.1 Å². The Morgan fingerprint density at radius 3 is 2.57 bits per heavy atom. The number of esters is 1. The molecule has 7 heteroatoms. The molecule has 0 N–H and O–H groups in total. The van der Waals surface area contributed by atoms with E-state index >= 15 is 0 Å². The number of ether oxygens (including phenoxy) is 2. The van der Waals surface area contributed by atoms with E-state index in [4.69, 9.17) is 9.47 Å². The number of nitrogens with zero attached hydrogens (tertiary/aromatic N) is 1. The average Bonchev–Trinajstić information content (AvgIpc) is 3.20. The van der Waals surface area contributed by atoms with Gasteiger partial charge in [-0.2, -0.15) is 0 Å². The number of carbonyl (C=O) groups is 2. The largest absolute Gasteiger partial charge is 0.467 e. The molecule has 0 aromatic heterocycles. The van der Waals surface area contributed by atoms with Gasteiger partial charge < -0.3 is 14.4 Å². The highest BCUT2D eigenvalue weighted by Crippen LogP contribution is 2.30. The van der Waals surface area contributed by atoms with Gasteiger partial charge in [-0.15, -0.1) is 0 Å². The summed E-state index contributed by atoms with van der Waals surface area (Å²) >= 11 is 0. The molecule has 2 aromatic carbocycles. The second kappa shape index (κ2) is 8.48. The van der Waals surface area contributed by atoms with Crippen LogP contribution in [0, 0.1) is 11.6 Å². The molecule has 1 amide bonds. The number of methoxy groups -OCH3 is 1. The summed E-state index contributed by atoms with van der Waals surface area (Å²) in [6, 6.07) is 12.1. The highest BCUT2D eigenvalue weighted by molar-refractivity contribution is 5.89. The number of hydrogen-bond donors (Lipinski definition) is 0. The lowest BCUT2D eigenvalue weighted by Gasteiger charge is -2.38. The van der Waals surface area contributed by atoms with Crippen LogP contribution in [0.25, 0.3) is 0 Å². The van der Waals surface area contributed by atoms with Gasteiger partial charge in [-0.3, -0.25) is 4.79 Å². The van der Waals surface area contributed by atoms with Crippen LogP contribution in [0.15, 0.2) is 48.5 Å². The van der Waals surface area contributed by atoms with Gasteiger partial charge in [0.1, 0.15) is 11.6 Å². The number of amides is 1. The smallest absolute Gasteiger partial charge is 0.334 e. The SMILES string of the molecule is COC(=O)C1(N(Cc2ccccc2)C(=O)Cc2cc(F)ccc2F)CCOC1. The monoisotopic (exact) mass is 389 g/mol. The zero-order valence-electron chi connectivity index (χ0n) is 15.5. The quantitative estimate of drug-likeness (QED) is 0.713. The maximum absolute atomic E-state index is 14.1. The standard InChI is InChI=1S/C21H21F2NO4/c1-27-20(26)21(9-10-28-14-21)24(13-15-5-3-2-4-6-15)19(25)12-16-11-17(22)7-8-18(16)23/h2-8,11H,9-10,12-14H2,1H3. The summed E-state index contributed by atoms with van der Waals surface area (Å²) in [5.74, 6) is -2.41. The van der Waals surface area contributed by atoms with Crippen LogP contribution in [0.5, 0.6) is 0 Å². The van der Waals surface area contributed by atoms with Crippen LogP contribution >= 0.6 is 0 Å². The Bertz CT molecular complexity index is 851. The number of halogens is 2. The van der Waals surface area contributed by atoms with Gasteiger partial charge >= 0.3 is 5.97 Å². The first-order valence-corrected chi connectivity index (χ1v) is 8.91. The van der Waals surface area contributed by atoms with Crippen molar-refractivity contribution < 1.29 is 27.8 Å². The van der Waals surface area contributed by atoms with Crippen LogP contribution < -0.4 is 0 Å². The summed E-state index contributed by atoms with van der Waals surface area (Å²) in [5, 5.41) is 0. The summed E-state index contributed by atoms with van der Waals surface area (Å²) in [4.78, 5) is 27.1. The van der Waals surface area contributed by atoms with Crippen LogP contribution in [0.4, 0.5) is 8.78 Å². The van der Waals surface area contributed by atoms with Gasteiger partial charge in [-0.05, 0) is 23.8 Å². The van der Waals surface area contributed by atoms with E-state index in [9.17, 15) is 18.4 Å². The lowest BCUT2D eigenvalue weighted by atomic mass is 9.94. The van der Waals surface area contributed by atoms with Gasteiger partial charge in [0, 0.05) is 25.1 Å². The fourth-order valence-electron chi connectivity index (χ4n) is 3.41. The molecule has 3 rings (SSSR count). The topological polar surface area (TPSA) is 55.8 Å². The Balaban J connectivity index is 1.96. The maximum Gasteiger partial charge on any atom is 0.334 e. The summed E-state index contributed by atoms with van der Waals surface area (Å²) in [6.45, 7) is 0.404. The van der Waals surface area contributed by atoms with Crippen LogP contribution in [0.2, 0.25) is 0 Å². The first-order valence-electron chi connectivity index (χ1n) is 8.91. The van der Waals surface area contributed by atoms with Crippen molar-refractivity contribution in [3.05, 3.63) is 71.3 Å². The van der Waals surface area contributed by atoms with Crippen LogP contribution in [-0.4, -0.2) is 42.6 Å². The van der Waals surface area contributed by atoms with E-state index in [2.05, 4.69) is 0 Å². The van der Waals surface area contributed by atoms with E-state index in [0.717, 1.165) is 23.8 Å². The van der Waals surface area contributed by atoms with Crippen molar-refractivity contribution in [3.63, 3.8) is 0 Å². The molecule has 0 spiro atoms. The number of benzene rings is 2. The Labute approximate surface area is 161 Å². The third kappa shape index (κ3) is 4.04. The van der Waals surface area contributed by atoms with Gasteiger partial charge in [0.15, 0.2) is 5.54 Å². The zero-order valence-corrected chi connectivity index (χ0v) is 15.5. The second-order valence-corrected chi connectivity index (χ2v) is 6.70. The summed E-state index contributed by atoms with van der Waals surface area (Å²) in [6.07, 6.45) is -0.112. The van der Waals surface area contributed by atoms with Gasteiger partial charge in [0.2, 0.25) is 5.91 Å². The molecule has 1 heterocycles. The second-order valence-electron chi connectivity index (χ2n) is 6.70. The van der Waals surface area contributed by atoms with Crippen LogP contribution in [0.1, 0.15) is 17.5 Å². The number of carbonyl (C=O) groups excluding carboxylic acids is 2. The summed E-state index contributed by atoms with van der Waals surface area (Å²) < 4.78 is 38.0. The van der Waals surface area contributed by atoms with Gasteiger partial charge in [-0.25, -0.2) is 13.6 Å². The van der Waals surface area contributed by atoms with Crippen molar-refractivity contribution in [2.24, 2.45) is 0 Å². The Morgan fingerprint density at radius 1 is 1.18 bits per heavy atom. The maximum atomic E-state index is 14.1. The average molecular weight is 389 g/mol. The minimum Gasteiger partial charge on any atom is -0.467 e. The zero-order chi connectivity index (χ0) is 20.1. The fourth-order valence-corrected chi connectivity index (χ4v) is 3.41. The molecular weight excluding hydrogens is 368 g/mol. The molecule has 5 nitrogen and oxygen atoms in total. The van der Waals surface area contributed by atoms with Crippen molar-refractivity contribution in [2.75, 3.05) is 20.3 Å². The molecule has 2 aromatic rings. The Morgan fingerprint density at radius 2 is 1.93 bits per heavy atom. The van der Waals surface area contributed by atoms with Crippen LogP contribution in [0.3, 0.4) is 0 Å². The van der Waals surface area contributed by atoms with E-state index in [1.165, 1.54) is 12.0 Å². The molecule has 0 saturated carbocycles. The first-order chi connectivity index (χ1) is 13.5. The number of rotatable bonds is 6. The van der Waals surface area contributed by atoms with Crippen molar-refractivity contribution in [2.45, 2.75) is 24.9 Å². The molecule has 1 unspecified atom stereocenters. The third-order valence-electron chi connectivity index (χ3n) is 4.92. The highest BCUT2D eigenvalue weighted by atomic mass is 19.1. The van der Waals surface area contributed by atoms with Crippen molar-refractivity contribution in [1.29, 1.82) is 0 Å². The molecule has 0 radical (unpaired) electrons. The van der Waals surface area contributed by atoms with Crippen LogP contribution in [-0.2, 0) is 32.0 Å². The third-order valence-corrected chi connectivity index (χ3v) is 4.92. The predicted octanol–water partition coefficient (Wildman–Crippen LogP) is 2.87. The molecule has 1 saturated heterocycles. The Kier molecular flexibility index (Phi) is 6.04. The molecule has 1 aliphatic rings. The Hall–Kier alpha value is -2.80. The van der Waals surface area contributed by atoms with E-state index < -0.39 is 29.0 Å². The van der Waals surface area contributed by atoms with E-state index in [-0.39, 0.29) is 31.6 Å². The normalized spacial score (nSPS) is 18.7. The first kappa shape index (κ1) is 19.9. The van der Waals surface area contributed by atoms with Crippen molar-refractivity contribution in [1.82, 2.24) is 4.90 Å². The fraction of sp³-hybridized carbons (Fsp3) is 0.333. The molecule has 28 heavy (non-hydrogen) atoms. The minimum absolute atomic E-state index is 0.0100.